The Bertz CT molecular complexity index is 669. The van der Waals surface area contributed by atoms with Crippen molar-refractivity contribution in [1.82, 2.24) is 4.90 Å². The quantitative estimate of drug-likeness (QED) is 0.866. The molecule has 0 bridgehead atoms. The molecular formula is C17H18N2OS. The van der Waals surface area contributed by atoms with E-state index in [-0.39, 0.29) is 0 Å². The van der Waals surface area contributed by atoms with Gasteiger partial charge in [0.25, 0.3) is 0 Å². The molecule has 3 nitrogen and oxygen atoms in total. The van der Waals surface area contributed by atoms with Crippen LogP contribution in [0, 0.1) is 11.8 Å². The summed E-state index contributed by atoms with van der Waals surface area (Å²) in [4.78, 5) is 3.74. The minimum absolute atomic E-state index is 0.408. The predicted octanol–water partition coefficient (Wildman–Crippen LogP) is 2.45. The molecule has 1 aliphatic rings. The van der Waals surface area contributed by atoms with E-state index in [0.717, 1.165) is 37.6 Å². The van der Waals surface area contributed by atoms with Crippen molar-refractivity contribution in [2.45, 2.75) is 13.1 Å². The number of hydrogen-bond donors (Lipinski definition) is 1. The van der Waals surface area contributed by atoms with Crippen molar-refractivity contribution in [3.05, 3.63) is 51.7 Å². The van der Waals surface area contributed by atoms with E-state index >= 15 is 0 Å². The summed E-state index contributed by atoms with van der Waals surface area (Å²) in [5.74, 6) is 6.99. The summed E-state index contributed by atoms with van der Waals surface area (Å²) in [6, 6.07) is 10.4. The van der Waals surface area contributed by atoms with Gasteiger partial charge in [0.05, 0.1) is 6.54 Å². The molecule has 0 saturated carbocycles. The molecule has 1 aliphatic heterocycles. The highest BCUT2D eigenvalue weighted by Gasteiger charge is 2.15. The van der Waals surface area contributed by atoms with Crippen molar-refractivity contribution in [2.24, 2.45) is 5.73 Å². The van der Waals surface area contributed by atoms with Crippen LogP contribution in [0.4, 0.5) is 0 Å². The summed E-state index contributed by atoms with van der Waals surface area (Å²) in [6.45, 7) is 3.95. The molecule has 21 heavy (non-hydrogen) atoms. The molecule has 2 aromatic rings. The lowest BCUT2D eigenvalue weighted by Gasteiger charge is -2.18. The monoisotopic (exact) mass is 298 g/mol. The normalized spacial score (nSPS) is 14.5. The fourth-order valence-electron chi connectivity index (χ4n) is 2.42. The van der Waals surface area contributed by atoms with Crippen LogP contribution in [0.25, 0.3) is 0 Å². The first-order valence-electron chi connectivity index (χ1n) is 7.04. The van der Waals surface area contributed by atoms with Crippen molar-refractivity contribution in [3.63, 3.8) is 0 Å². The number of rotatable bonds is 2. The molecule has 0 atom stereocenters. The van der Waals surface area contributed by atoms with Gasteiger partial charge in [-0.2, -0.15) is 0 Å². The van der Waals surface area contributed by atoms with Gasteiger partial charge in [-0.05, 0) is 12.1 Å². The minimum atomic E-state index is 0.408. The number of fused-ring (bicyclic) bond motifs is 1. The van der Waals surface area contributed by atoms with Gasteiger partial charge in [-0.25, -0.2) is 0 Å². The van der Waals surface area contributed by atoms with Crippen molar-refractivity contribution in [2.75, 3.05) is 19.7 Å². The van der Waals surface area contributed by atoms with E-state index in [9.17, 15) is 0 Å². The second-order valence-corrected chi connectivity index (χ2v) is 5.97. The SMILES string of the molecule is NCC#Cc1csc(CN2CCOc3ccccc3C2)c1. The highest BCUT2D eigenvalue weighted by atomic mass is 32.1. The summed E-state index contributed by atoms with van der Waals surface area (Å²) in [5.41, 5.74) is 7.72. The zero-order chi connectivity index (χ0) is 14.5. The molecule has 0 amide bonds. The Kier molecular flexibility index (Phi) is 4.56. The molecule has 0 fully saturated rings. The molecular weight excluding hydrogens is 280 g/mol. The van der Waals surface area contributed by atoms with Gasteiger partial charge in [0.2, 0.25) is 0 Å². The third-order valence-corrected chi connectivity index (χ3v) is 4.32. The van der Waals surface area contributed by atoms with Gasteiger partial charge in [-0.15, -0.1) is 11.3 Å². The molecule has 1 aromatic heterocycles. The Labute approximate surface area is 129 Å². The van der Waals surface area contributed by atoms with Crippen LogP contribution < -0.4 is 10.5 Å². The van der Waals surface area contributed by atoms with Crippen molar-refractivity contribution >= 4 is 11.3 Å². The largest absolute Gasteiger partial charge is 0.492 e. The number of ether oxygens (including phenoxy) is 1. The average Bonchev–Trinajstić information content (AvgIpc) is 2.83. The van der Waals surface area contributed by atoms with Crippen LogP contribution in [-0.4, -0.2) is 24.6 Å². The van der Waals surface area contributed by atoms with Crippen LogP contribution in [0.3, 0.4) is 0 Å². The minimum Gasteiger partial charge on any atom is -0.492 e. The Morgan fingerprint density at radius 3 is 3.14 bits per heavy atom. The smallest absolute Gasteiger partial charge is 0.123 e. The van der Waals surface area contributed by atoms with Crippen LogP contribution in [0.15, 0.2) is 35.7 Å². The third-order valence-electron chi connectivity index (χ3n) is 3.40. The fourth-order valence-corrected chi connectivity index (χ4v) is 3.27. The van der Waals surface area contributed by atoms with Crippen molar-refractivity contribution in [3.8, 4) is 17.6 Å². The standard InChI is InChI=1S/C17H18N2OS/c18-7-3-4-14-10-16(21-13-14)12-19-8-9-20-17-6-2-1-5-15(17)11-19/h1-2,5-6,10,13H,7-9,11-12,18H2. The predicted molar refractivity (Wildman–Crippen MR) is 86.3 cm³/mol. The van der Waals surface area contributed by atoms with Crippen LogP contribution in [0.2, 0.25) is 0 Å². The molecule has 0 aliphatic carbocycles. The van der Waals surface area contributed by atoms with Gasteiger partial charge < -0.3 is 10.5 Å². The van der Waals surface area contributed by atoms with Gasteiger partial charge in [-0.1, -0.05) is 30.0 Å². The lowest BCUT2D eigenvalue weighted by Crippen LogP contribution is -2.24. The fraction of sp³-hybridized carbons (Fsp3) is 0.294. The van der Waals surface area contributed by atoms with E-state index in [1.165, 1.54) is 10.4 Å². The summed E-state index contributed by atoms with van der Waals surface area (Å²) >= 11 is 1.76. The molecule has 1 aromatic carbocycles. The van der Waals surface area contributed by atoms with E-state index in [2.05, 4.69) is 40.3 Å². The first kappa shape index (κ1) is 14.2. The van der Waals surface area contributed by atoms with Gasteiger partial charge >= 0.3 is 0 Å². The van der Waals surface area contributed by atoms with Crippen LogP contribution in [0.1, 0.15) is 16.0 Å². The molecule has 0 saturated heterocycles. The third kappa shape index (κ3) is 3.64. The molecule has 108 valence electrons. The van der Waals surface area contributed by atoms with Gasteiger partial charge in [-0.3, -0.25) is 4.90 Å². The number of nitrogens with two attached hydrogens (primary N) is 1. The lowest BCUT2D eigenvalue weighted by molar-refractivity contribution is 0.221. The van der Waals surface area contributed by atoms with E-state index in [1.54, 1.807) is 11.3 Å². The maximum atomic E-state index is 5.80. The molecule has 3 rings (SSSR count). The van der Waals surface area contributed by atoms with E-state index in [1.807, 2.05) is 12.1 Å². The first-order valence-corrected chi connectivity index (χ1v) is 7.92. The maximum absolute atomic E-state index is 5.80. The molecule has 2 heterocycles. The van der Waals surface area contributed by atoms with Gasteiger partial charge in [0, 0.05) is 41.0 Å². The Balaban J connectivity index is 1.69. The molecule has 0 unspecified atom stereocenters. The van der Waals surface area contributed by atoms with Crippen LogP contribution >= 0.6 is 11.3 Å². The van der Waals surface area contributed by atoms with Gasteiger partial charge in [0.15, 0.2) is 0 Å². The Morgan fingerprint density at radius 1 is 1.33 bits per heavy atom. The Morgan fingerprint density at radius 2 is 2.24 bits per heavy atom. The summed E-state index contributed by atoms with van der Waals surface area (Å²) in [7, 11) is 0. The Hall–Kier alpha value is -1.80. The second kappa shape index (κ2) is 6.77. The summed E-state index contributed by atoms with van der Waals surface area (Å²) in [5, 5.41) is 2.10. The first-order chi connectivity index (χ1) is 10.3. The highest BCUT2D eigenvalue weighted by Crippen LogP contribution is 2.24. The number of nitrogens with zero attached hydrogens (tertiary/aromatic N) is 1. The lowest BCUT2D eigenvalue weighted by atomic mass is 10.2. The van der Waals surface area contributed by atoms with E-state index in [4.69, 9.17) is 10.5 Å². The number of para-hydroxylation sites is 1. The molecule has 0 spiro atoms. The molecule has 0 radical (unpaired) electrons. The van der Waals surface area contributed by atoms with Crippen molar-refractivity contribution < 1.29 is 4.74 Å². The van der Waals surface area contributed by atoms with Crippen molar-refractivity contribution in [1.29, 1.82) is 0 Å². The number of thiophene rings is 1. The van der Waals surface area contributed by atoms with E-state index in [0.29, 0.717) is 6.54 Å². The zero-order valence-corrected chi connectivity index (χ0v) is 12.7. The molecule has 2 N–H and O–H groups in total. The van der Waals surface area contributed by atoms with Crippen LogP contribution in [0.5, 0.6) is 5.75 Å². The summed E-state index contributed by atoms with van der Waals surface area (Å²) < 4.78 is 5.80. The number of hydrogen-bond acceptors (Lipinski definition) is 4. The highest BCUT2D eigenvalue weighted by molar-refractivity contribution is 7.10. The zero-order valence-electron chi connectivity index (χ0n) is 11.8. The number of benzene rings is 1. The molecule has 4 heteroatoms. The second-order valence-electron chi connectivity index (χ2n) is 4.97. The topological polar surface area (TPSA) is 38.5 Å². The summed E-state index contributed by atoms with van der Waals surface area (Å²) in [6.07, 6.45) is 0. The average molecular weight is 298 g/mol. The maximum Gasteiger partial charge on any atom is 0.123 e. The van der Waals surface area contributed by atoms with Crippen LogP contribution in [-0.2, 0) is 13.1 Å². The van der Waals surface area contributed by atoms with E-state index < -0.39 is 0 Å². The van der Waals surface area contributed by atoms with Gasteiger partial charge in [0.1, 0.15) is 12.4 Å².